The molecule has 1 N–H and O–H groups in total. The molecule has 1 aliphatic rings. The minimum absolute atomic E-state index is 0. The van der Waals surface area contributed by atoms with Crippen LogP contribution >= 0.6 is 12.4 Å². The first-order valence-corrected chi connectivity index (χ1v) is 11.2. The molecular formula is C21H28ClN3O5S. The summed E-state index contributed by atoms with van der Waals surface area (Å²) < 4.78 is 37.6. The zero-order valence-electron chi connectivity index (χ0n) is 17.4. The normalized spacial score (nSPS) is 15.0. The number of hydrogen-bond donors (Lipinski definition) is 1. The average molecular weight is 470 g/mol. The molecule has 0 radical (unpaired) electrons. The van der Waals surface area contributed by atoms with Gasteiger partial charge in [-0.3, -0.25) is 9.69 Å². The van der Waals surface area contributed by atoms with E-state index in [2.05, 4.69) is 10.2 Å². The van der Waals surface area contributed by atoms with Crippen LogP contribution in [0.3, 0.4) is 0 Å². The van der Waals surface area contributed by atoms with Gasteiger partial charge in [0.2, 0.25) is 10.0 Å². The topological polar surface area (TPSA) is 88.2 Å². The molecule has 0 spiro atoms. The largest absolute Gasteiger partial charge is 0.497 e. The fraction of sp³-hybridized carbons (Fsp3) is 0.381. The highest BCUT2D eigenvalue weighted by molar-refractivity contribution is 7.89. The lowest BCUT2D eigenvalue weighted by atomic mass is 10.3. The third-order valence-corrected chi connectivity index (χ3v) is 6.80. The van der Waals surface area contributed by atoms with Gasteiger partial charge < -0.3 is 14.8 Å². The Morgan fingerprint density at radius 3 is 2.23 bits per heavy atom. The van der Waals surface area contributed by atoms with Crippen molar-refractivity contribution in [3.8, 4) is 11.5 Å². The van der Waals surface area contributed by atoms with Gasteiger partial charge in [0.1, 0.15) is 11.5 Å². The van der Waals surface area contributed by atoms with E-state index in [1.165, 1.54) is 4.31 Å². The Morgan fingerprint density at radius 1 is 0.968 bits per heavy atom. The summed E-state index contributed by atoms with van der Waals surface area (Å²) in [6.07, 6.45) is 0. The quantitative estimate of drug-likeness (QED) is 0.600. The molecule has 2 aromatic carbocycles. The Labute approximate surface area is 189 Å². The summed E-state index contributed by atoms with van der Waals surface area (Å²) >= 11 is 0. The number of amides is 1. The molecule has 0 atom stereocenters. The van der Waals surface area contributed by atoms with Crippen molar-refractivity contribution in [1.29, 1.82) is 0 Å². The van der Waals surface area contributed by atoms with Crippen LogP contribution in [0.4, 0.5) is 0 Å². The maximum absolute atomic E-state index is 12.8. The van der Waals surface area contributed by atoms with Gasteiger partial charge in [0.25, 0.3) is 5.91 Å². The molecule has 10 heteroatoms. The molecule has 1 saturated heterocycles. The van der Waals surface area contributed by atoms with Crippen LogP contribution in [-0.4, -0.2) is 76.5 Å². The first kappa shape index (κ1) is 24.9. The third-order valence-electron chi connectivity index (χ3n) is 4.89. The van der Waals surface area contributed by atoms with Crippen LogP contribution in [-0.2, 0) is 14.8 Å². The molecule has 0 unspecified atom stereocenters. The van der Waals surface area contributed by atoms with Gasteiger partial charge in [-0.1, -0.05) is 18.2 Å². The van der Waals surface area contributed by atoms with E-state index in [4.69, 9.17) is 9.47 Å². The molecular weight excluding hydrogens is 442 g/mol. The highest BCUT2D eigenvalue weighted by Crippen LogP contribution is 2.20. The number of para-hydroxylation sites is 1. The summed E-state index contributed by atoms with van der Waals surface area (Å²) in [6, 6.07) is 15.6. The zero-order valence-corrected chi connectivity index (χ0v) is 19.0. The molecule has 0 aliphatic carbocycles. The van der Waals surface area contributed by atoms with Crippen LogP contribution < -0.4 is 14.8 Å². The molecule has 0 saturated carbocycles. The summed E-state index contributed by atoms with van der Waals surface area (Å²) in [4.78, 5) is 14.3. The SMILES string of the molecule is COc1ccc(S(=O)(=O)N2CCN(CCNC(=O)COc3ccccc3)CC2)cc1.Cl. The van der Waals surface area contributed by atoms with Crippen LogP contribution in [0.1, 0.15) is 0 Å². The van der Waals surface area contributed by atoms with Gasteiger partial charge in [0.15, 0.2) is 6.61 Å². The van der Waals surface area contributed by atoms with Crippen LogP contribution in [0.25, 0.3) is 0 Å². The monoisotopic (exact) mass is 469 g/mol. The van der Waals surface area contributed by atoms with Gasteiger partial charge >= 0.3 is 0 Å². The molecule has 0 bridgehead atoms. The number of ether oxygens (including phenoxy) is 2. The maximum Gasteiger partial charge on any atom is 0.257 e. The number of sulfonamides is 1. The summed E-state index contributed by atoms with van der Waals surface area (Å²) in [7, 11) is -1.97. The van der Waals surface area contributed by atoms with Gasteiger partial charge in [0.05, 0.1) is 12.0 Å². The van der Waals surface area contributed by atoms with Gasteiger partial charge in [-0.05, 0) is 36.4 Å². The smallest absolute Gasteiger partial charge is 0.257 e. The van der Waals surface area contributed by atoms with Gasteiger partial charge in [-0.2, -0.15) is 4.31 Å². The lowest BCUT2D eigenvalue weighted by Gasteiger charge is -2.34. The molecule has 1 aliphatic heterocycles. The van der Waals surface area contributed by atoms with Crippen molar-refractivity contribution in [2.24, 2.45) is 0 Å². The molecule has 8 nitrogen and oxygen atoms in total. The first-order chi connectivity index (χ1) is 14.5. The standard InChI is InChI=1S/C21H27N3O5S.ClH/c1-28-18-7-9-20(10-8-18)30(26,27)24-15-13-23(14-16-24)12-11-22-21(25)17-29-19-5-3-2-4-6-19;/h2-10H,11-17H2,1H3,(H,22,25);1H. The van der Waals surface area contributed by atoms with E-state index in [0.717, 1.165) is 0 Å². The second kappa shape index (κ2) is 11.9. The van der Waals surface area contributed by atoms with Crippen LogP contribution in [0.5, 0.6) is 11.5 Å². The fourth-order valence-electron chi connectivity index (χ4n) is 3.16. The highest BCUT2D eigenvalue weighted by atomic mass is 35.5. The van der Waals surface area contributed by atoms with Crippen LogP contribution in [0.2, 0.25) is 0 Å². The highest BCUT2D eigenvalue weighted by Gasteiger charge is 2.28. The van der Waals surface area contributed by atoms with Crippen LogP contribution in [0.15, 0.2) is 59.5 Å². The second-order valence-corrected chi connectivity index (χ2v) is 8.81. The van der Waals surface area contributed by atoms with Gasteiger partial charge in [0, 0.05) is 39.3 Å². The second-order valence-electron chi connectivity index (χ2n) is 6.87. The van der Waals surface area contributed by atoms with E-state index in [1.54, 1.807) is 43.5 Å². The molecule has 1 fully saturated rings. The predicted octanol–water partition coefficient (Wildman–Crippen LogP) is 1.62. The number of nitrogens with one attached hydrogen (secondary N) is 1. The lowest BCUT2D eigenvalue weighted by molar-refractivity contribution is -0.123. The number of rotatable bonds is 9. The molecule has 2 aromatic rings. The van der Waals surface area contributed by atoms with Crippen LogP contribution in [0, 0.1) is 0 Å². The predicted molar refractivity (Wildman–Crippen MR) is 120 cm³/mol. The summed E-state index contributed by atoms with van der Waals surface area (Å²) in [5.74, 6) is 1.09. The van der Waals surface area contributed by atoms with E-state index < -0.39 is 10.0 Å². The Hall–Kier alpha value is -2.33. The lowest BCUT2D eigenvalue weighted by Crippen LogP contribution is -2.50. The summed E-state index contributed by atoms with van der Waals surface area (Å²) in [5.41, 5.74) is 0. The minimum Gasteiger partial charge on any atom is -0.497 e. The van der Waals surface area contributed by atoms with E-state index in [9.17, 15) is 13.2 Å². The summed E-state index contributed by atoms with van der Waals surface area (Å²) in [6.45, 7) is 3.18. The Bertz CT molecular complexity index is 918. The fourth-order valence-corrected chi connectivity index (χ4v) is 4.58. The molecule has 170 valence electrons. The van der Waals surface area contributed by atoms with Crippen molar-refractivity contribution in [2.75, 3.05) is 53.0 Å². The Balaban J connectivity index is 0.00000341. The number of carbonyl (C=O) groups is 1. The van der Waals surface area contributed by atoms with Gasteiger partial charge in [-0.25, -0.2) is 8.42 Å². The van der Waals surface area contributed by atoms with Crippen molar-refractivity contribution in [1.82, 2.24) is 14.5 Å². The molecule has 3 rings (SSSR count). The minimum atomic E-state index is -3.51. The number of piperazine rings is 1. The number of halogens is 1. The Morgan fingerprint density at radius 2 is 1.61 bits per heavy atom. The van der Waals surface area contributed by atoms with Crippen molar-refractivity contribution < 1.29 is 22.7 Å². The molecule has 0 aromatic heterocycles. The third kappa shape index (κ3) is 7.10. The molecule has 1 amide bonds. The van der Waals surface area contributed by atoms with Crippen molar-refractivity contribution in [3.63, 3.8) is 0 Å². The van der Waals surface area contributed by atoms with E-state index in [0.29, 0.717) is 50.8 Å². The summed E-state index contributed by atoms with van der Waals surface area (Å²) in [5, 5.41) is 2.83. The number of methoxy groups -OCH3 is 1. The number of benzene rings is 2. The number of carbonyl (C=O) groups excluding carboxylic acids is 1. The zero-order chi connectivity index (χ0) is 21.4. The number of hydrogen-bond acceptors (Lipinski definition) is 6. The molecule has 31 heavy (non-hydrogen) atoms. The van der Waals surface area contributed by atoms with E-state index in [1.807, 2.05) is 18.2 Å². The van der Waals surface area contributed by atoms with Gasteiger partial charge in [-0.15, -0.1) is 12.4 Å². The van der Waals surface area contributed by atoms with Crippen molar-refractivity contribution in [3.05, 3.63) is 54.6 Å². The average Bonchev–Trinajstić information content (AvgIpc) is 2.79. The van der Waals surface area contributed by atoms with Crippen molar-refractivity contribution in [2.45, 2.75) is 4.90 Å². The Kier molecular flexibility index (Phi) is 9.57. The van der Waals surface area contributed by atoms with E-state index in [-0.39, 0.29) is 29.8 Å². The number of nitrogens with zero attached hydrogens (tertiary/aromatic N) is 2. The maximum atomic E-state index is 12.8. The molecule has 1 heterocycles. The van der Waals surface area contributed by atoms with E-state index >= 15 is 0 Å². The van der Waals surface area contributed by atoms with Crippen molar-refractivity contribution >= 4 is 28.3 Å². The first-order valence-electron chi connectivity index (χ1n) is 9.80.